The van der Waals surface area contributed by atoms with E-state index in [2.05, 4.69) is 26.0 Å². The Bertz CT molecular complexity index is 1640. The van der Waals surface area contributed by atoms with Gasteiger partial charge in [-0.25, -0.2) is 14.8 Å². The predicted molar refractivity (Wildman–Crippen MR) is 155 cm³/mol. The van der Waals surface area contributed by atoms with Crippen molar-refractivity contribution in [1.29, 1.82) is 0 Å². The molecule has 3 amide bonds. The SMILES string of the molecule is O=C(O)Nc1ccccc1NC(=O)c1ccc(C(=O)N(Nc2nc(-c3cccnc3)cs2)c2ccccc2)cc1. The van der Waals surface area contributed by atoms with Gasteiger partial charge < -0.3 is 10.4 Å². The quantitative estimate of drug-likeness (QED) is 0.168. The van der Waals surface area contributed by atoms with E-state index < -0.39 is 12.0 Å². The fraction of sp³-hybridized carbons (Fsp3) is 0. The molecule has 0 spiro atoms. The number of para-hydroxylation sites is 3. The molecule has 4 N–H and O–H groups in total. The van der Waals surface area contributed by atoms with E-state index >= 15 is 0 Å². The molecule has 3 aromatic carbocycles. The number of nitrogens with zero attached hydrogens (tertiary/aromatic N) is 3. The third-order valence-corrected chi connectivity index (χ3v) is 6.44. The number of pyridine rings is 1. The minimum Gasteiger partial charge on any atom is -0.465 e. The zero-order valence-electron chi connectivity index (χ0n) is 20.8. The molecule has 0 bridgehead atoms. The van der Waals surface area contributed by atoms with E-state index in [9.17, 15) is 14.4 Å². The van der Waals surface area contributed by atoms with Crippen molar-refractivity contribution < 1.29 is 19.5 Å². The van der Waals surface area contributed by atoms with Gasteiger partial charge in [0.2, 0.25) is 5.13 Å². The number of amides is 3. The highest BCUT2D eigenvalue weighted by Crippen LogP contribution is 2.27. The van der Waals surface area contributed by atoms with Crippen molar-refractivity contribution in [3.63, 3.8) is 0 Å². The first-order chi connectivity index (χ1) is 19.5. The van der Waals surface area contributed by atoms with Crippen LogP contribution in [0.2, 0.25) is 0 Å². The van der Waals surface area contributed by atoms with Crippen molar-refractivity contribution in [1.82, 2.24) is 9.97 Å². The van der Waals surface area contributed by atoms with Crippen molar-refractivity contribution in [3.05, 3.63) is 120 Å². The Hall–Kier alpha value is -5.55. The van der Waals surface area contributed by atoms with Crippen LogP contribution < -0.4 is 21.1 Å². The van der Waals surface area contributed by atoms with Crippen molar-refractivity contribution in [2.75, 3.05) is 21.1 Å². The molecule has 5 aromatic rings. The molecule has 0 aliphatic heterocycles. The van der Waals surface area contributed by atoms with Crippen LogP contribution in [0.1, 0.15) is 20.7 Å². The molecule has 0 unspecified atom stereocenters. The molecule has 10 nitrogen and oxygen atoms in total. The zero-order valence-corrected chi connectivity index (χ0v) is 21.6. The van der Waals surface area contributed by atoms with Crippen LogP contribution in [-0.2, 0) is 0 Å². The maximum Gasteiger partial charge on any atom is 0.409 e. The van der Waals surface area contributed by atoms with Gasteiger partial charge in [-0.15, -0.1) is 11.3 Å². The van der Waals surface area contributed by atoms with Crippen LogP contribution >= 0.6 is 11.3 Å². The number of benzene rings is 3. The summed E-state index contributed by atoms with van der Waals surface area (Å²) in [6.45, 7) is 0. The molecule has 11 heteroatoms. The number of carbonyl (C=O) groups excluding carboxylic acids is 2. The molecule has 40 heavy (non-hydrogen) atoms. The normalized spacial score (nSPS) is 10.4. The summed E-state index contributed by atoms with van der Waals surface area (Å²) in [5.74, 6) is -0.810. The second-order valence-corrected chi connectivity index (χ2v) is 9.23. The number of carbonyl (C=O) groups is 3. The number of aromatic nitrogens is 2. The summed E-state index contributed by atoms with van der Waals surface area (Å²) in [4.78, 5) is 46.2. The number of hydrogen-bond donors (Lipinski definition) is 4. The van der Waals surface area contributed by atoms with Crippen LogP contribution in [0.3, 0.4) is 0 Å². The van der Waals surface area contributed by atoms with E-state index in [-0.39, 0.29) is 11.6 Å². The maximum atomic E-state index is 13.6. The van der Waals surface area contributed by atoms with Crippen molar-refractivity contribution in [3.8, 4) is 11.3 Å². The predicted octanol–water partition coefficient (Wildman–Crippen LogP) is 6.22. The van der Waals surface area contributed by atoms with Crippen LogP contribution in [-0.4, -0.2) is 33.0 Å². The average Bonchev–Trinajstić information content (AvgIpc) is 3.46. The smallest absolute Gasteiger partial charge is 0.409 e. The highest BCUT2D eigenvalue weighted by molar-refractivity contribution is 7.14. The molecular weight excluding hydrogens is 528 g/mol. The Balaban J connectivity index is 1.35. The number of thiazole rings is 1. The van der Waals surface area contributed by atoms with Gasteiger partial charge in [0.25, 0.3) is 11.8 Å². The first kappa shape index (κ1) is 26.1. The summed E-state index contributed by atoms with van der Waals surface area (Å²) in [7, 11) is 0. The molecule has 2 aromatic heterocycles. The highest BCUT2D eigenvalue weighted by atomic mass is 32.1. The summed E-state index contributed by atoms with van der Waals surface area (Å²) in [5, 5.41) is 17.8. The number of nitrogens with one attached hydrogen (secondary N) is 3. The van der Waals surface area contributed by atoms with Crippen LogP contribution in [0.25, 0.3) is 11.3 Å². The Morgan fingerprint density at radius 3 is 2.12 bits per heavy atom. The fourth-order valence-corrected chi connectivity index (χ4v) is 4.49. The lowest BCUT2D eigenvalue weighted by Gasteiger charge is -2.23. The molecule has 2 heterocycles. The van der Waals surface area contributed by atoms with Crippen LogP contribution in [0, 0.1) is 0 Å². The molecule has 198 valence electrons. The monoisotopic (exact) mass is 550 g/mol. The standard InChI is InChI=1S/C29H22N6O4S/c36-26(31-23-10-4-5-11-24(23)33-29(38)39)19-12-14-20(15-13-19)27(37)35(22-8-2-1-3-9-22)34-28-32-25(18-40-28)21-7-6-16-30-17-21/h1-18,33H,(H,31,36)(H,32,34)(H,38,39). The van der Waals surface area contributed by atoms with Gasteiger partial charge in [-0.2, -0.15) is 0 Å². The number of anilines is 4. The van der Waals surface area contributed by atoms with Gasteiger partial charge in [-0.1, -0.05) is 30.3 Å². The van der Waals surface area contributed by atoms with Gasteiger partial charge in [0.15, 0.2) is 0 Å². The second kappa shape index (κ2) is 11.9. The minimum absolute atomic E-state index is 0.244. The molecule has 0 saturated heterocycles. The number of hydrogen-bond acceptors (Lipinski definition) is 7. The lowest BCUT2D eigenvalue weighted by atomic mass is 10.1. The maximum absolute atomic E-state index is 13.6. The molecule has 0 radical (unpaired) electrons. The average molecular weight is 551 g/mol. The first-order valence-corrected chi connectivity index (χ1v) is 12.9. The van der Waals surface area contributed by atoms with Crippen LogP contribution in [0.4, 0.5) is 27.0 Å². The largest absolute Gasteiger partial charge is 0.465 e. The molecule has 0 saturated carbocycles. The van der Waals surface area contributed by atoms with E-state index in [1.807, 2.05) is 35.7 Å². The summed E-state index contributed by atoms with van der Waals surface area (Å²) in [5.41, 5.74) is 6.50. The lowest BCUT2D eigenvalue weighted by molar-refractivity contribution is 0.0989. The first-order valence-electron chi connectivity index (χ1n) is 12.0. The molecule has 0 aliphatic carbocycles. The summed E-state index contributed by atoms with van der Waals surface area (Å²) in [6.07, 6.45) is 2.17. The summed E-state index contributed by atoms with van der Waals surface area (Å²) in [6, 6.07) is 25.5. The summed E-state index contributed by atoms with van der Waals surface area (Å²) < 4.78 is 0. The van der Waals surface area contributed by atoms with Gasteiger partial charge in [0, 0.05) is 34.5 Å². The topological polar surface area (TPSA) is 137 Å². The van der Waals surface area contributed by atoms with Gasteiger partial charge in [0.05, 0.1) is 22.8 Å². The molecule has 0 atom stereocenters. The van der Waals surface area contributed by atoms with Crippen molar-refractivity contribution >= 4 is 51.4 Å². The lowest BCUT2D eigenvalue weighted by Crippen LogP contribution is -2.36. The van der Waals surface area contributed by atoms with Gasteiger partial charge in [-0.05, 0) is 60.7 Å². The van der Waals surface area contributed by atoms with Crippen molar-refractivity contribution in [2.24, 2.45) is 0 Å². The van der Waals surface area contributed by atoms with E-state index in [1.54, 1.807) is 60.9 Å². The van der Waals surface area contributed by atoms with E-state index in [0.717, 1.165) is 11.3 Å². The van der Waals surface area contributed by atoms with Gasteiger partial charge >= 0.3 is 6.09 Å². The third kappa shape index (κ3) is 6.11. The second-order valence-electron chi connectivity index (χ2n) is 8.37. The van der Waals surface area contributed by atoms with E-state index in [0.29, 0.717) is 27.6 Å². The molecular formula is C29H22N6O4S. The van der Waals surface area contributed by atoms with Crippen molar-refractivity contribution in [2.45, 2.75) is 0 Å². The number of hydrazine groups is 1. The highest BCUT2D eigenvalue weighted by Gasteiger charge is 2.20. The third-order valence-electron chi connectivity index (χ3n) is 5.70. The number of rotatable bonds is 8. The molecule has 5 rings (SSSR count). The molecule has 0 fully saturated rings. The Morgan fingerprint density at radius 2 is 1.45 bits per heavy atom. The van der Waals surface area contributed by atoms with Gasteiger partial charge in [0.1, 0.15) is 0 Å². The summed E-state index contributed by atoms with van der Waals surface area (Å²) >= 11 is 1.35. The van der Waals surface area contributed by atoms with Gasteiger partial charge in [-0.3, -0.25) is 25.3 Å². The minimum atomic E-state index is -1.24. The van der Waals surface area contributed by atoms with Crippen LogP contribution in [0.15, 0.2) is 109 Å². The Labute approximate surface area is 232 Å². The van der Waals surface area contributed by atoms with E-state index in [4.69, 9.17) is 5.11 Å². The zero-order chi connectivity index (χ0) is 27.9. The fourth-order valence-electron chi connectivity index (χ4n) is 3.78. The molecule has 0 aliphatic rings. The Morgan fingerprint density at radius 1 is 0.775 bits per heavy atom. The van der Waals surface area contributed by atoms with E-state index in [1.165, 1.54) is 28.5 Å². The Kier molecular flexibility index (Phi) is 7.74. The van der Waals surface area contributed by atoms with Crippen LogP contribution in [0.5, 0.6) is 0 Å². The number of carboxylic acid groups (broad SMARTS) is 1.